The van der Waals surface area contributed by atoms with Gasteiger partial charge in [-0.2, -0.15) is 13.2 Å². The van der Waals surface area contributed by atoms with Crippen LogP contribution < -0.4 is 5.32 Å². The monoisotopic (exact) mass is 307 g/mol. The average molecular weight is 307 g/mol. The molecule has 1 atom stereocenters. The fourth-order valence-electron chi connectivity index (χ4n) is 1.72. The molecule has 114 valence electrons. The largest absolute Gasteiger partial charge is 0.446 e. The molecule has 0 amide bonds. The molecule has 0 aromatic heterocycles. The van der Waals surface area contributed by atoms with Crippen molar-refractivity contribution < 1.29 is 17.9 Å². The molecule has 0 saturated heterocycles. The van der Waals surface area contributed by atoms with Crippen molar-refractivity contribution in [3.05, 3.63) is 29.8 Å². The molecule has 1 N–H and O–H groups in total. The molecular weight excluding hydrogens is 287 g/mol. The maximum Gasteiger partial charge on any atom is 0.446 e. The first-order valence-electron chi connectivity index (χ1n) is 6.39. The van der Waals surface area contributed by atoms with Gasteiger partial charge in [0.2, 0.25) is 0 Å². The third kappa shape index (κ3) is 6.63. The molecule has 0 spiro atoms. The lowest BCUT2D eigenvalue weighted by Gasteiger charge is -2.21. The Morgan fingerprint density at radius 3 is 2.25 bits per heavy atom. The number of alkyl halides is 3. The molecule has 0 aliphatic heterocycles. The highest BCUT2D eigenvalue weighted by Crippen LogP contribution is 2.36. The van der Waals surface area contributed by atoms with Gasteiger partial charge in [0.15, 0.2) is 0 Å². The van der Waals surface area contributed by atoms with Crippen LogP contribution >= 0.6 is 11.8 Å². The van der Waals surface area contributed by atoms with Crippen LogP contribution in [0.4, 0.5) is 13.2 Å². The zero-order valence-electron chi connectivity index (χ0n) is 11.8. The highest BCUT2D eigenvalue weighted by Gasteiger charge is 2.28. The van der Waals surface area contributed by atoms with Gasteiger partial charge in [0, 0.05) is 24.6 Å². The van der Waals surface area contributed by atoms with Gasteiger partial charge in [0.05, 0.1) is 6.61 Å². The summed E-state index contributed by atoms with van der Waals surface area (Å²) in [5.74, 6) is 0.426. The number of ether oxygens (including phenoxy) is 1. The van der Waals surface area contributed by atoms with Gasteiger partial charge in [-0.3, -0.25) is 0 Å². The number of methoxy groups -OCH3 is 1. The lowest BCUT2D eigenvalue weighted by molar-refractivity contribution is -0.0328. The first kappa shape index (κ1) is 17.3. The van der Waals surface area contributed by atoms with Crippen molar-refractivity contribution in [3.8, 4) is 0 Å². The summed E-state index contributed by atoms with van der Waals surface area (Å²) in [5.41, 5.74) is -3.28. The Kier molecular flexibility index (Phi) is 6.85. The van der Waals surface area contributed by atoms with Crippen LogP contribution in [0.1, 0.15) is 19.4 Å². The van der Waals surface area contributed by atoms with Gasteiger partial charge >= 0.3 is 5.51 Å². The van der Waals surface area contributed by atoms with Gasteiger partial charge in [-0.1, -0.05) is 26.0 Å². The van der Waals surface area contributed by atoms with Crippen LogP contribution in [0.25, 0.3) is 0 Å². The lowest BCUT2D eigenvalue weighted by atomic mass is 10.1. The maximum absolute atomic E-state index is 12.2. The summed E-state index contributed by atoms with van der Waals surface area (Å²) in [6.45, 7) is 5.42. The third-order valence-corrected chi connectivity index (χ3v) is 3.62. The predicted molar refractivity (Wildman–Crippen MR) is 75.7 cm³/mol. The van der Waals surface area contributed by atoms with E-state index in [0.29, 0.717) is 19.1 Å². The quantitative estimate of drug-likeness (QED) is 0.768. The van der Waals surface area contributed by atoms with Crippen molar-refractivity contribution in [2.45, 2.75) is 36.8 Å². The van der Waals surface area contributed by atoms with Crippen molar-refractivity contribution in [1.82, 2.24) is 5.32 Å². The standard InChI is InChI=1S/C14H20F3NOS/c1-10(2)13(9-19-3)18-8-11-4-6-12(7-5-11)20-14(15,16)17/h4-7,10,13,18H,8-9H2,1-3H3. The van der Waals surface area contributed by atoms with Crippen LogP contribution in [0.3, 0.4) is 0 Å². The molecule has 20 heavy (non-hydrogen) atoms. The summed E-state index contributed by atoms with van der Waals surface area (Å²) in [4.78, 5) is 0.207. The normalized spacial score (nSPS) is 13.8. The van der Waals surface area contributed by atoms with E-state index < -0.39 is 5.51 Å². The minimum absolute atomic E-state index is 0.0935. The van der Waals surface area contributed by atoms with E-state index in [1.165, 1.54) is 12.1 Å². The molecule has 1 unspecified atom stereocenters. The summed E-state index contributed by atoms with van der Waals surface area (Å²) < 4.78 is 41.8. The molecule has 0 aliphatic carbocycles. The number of hydrogen-bond donors (Lipinski definition) is 1. The zero-order valence-corrected chi connectivity index (χ0v) is 12.6. The molecule has 0 heterocycles. The van der Waals surface area contributed by atoms with Gasteiger partial charge in [-0.05, 0) is 35.4 Å². The van der Waals surface area contributed by atoms with Crippen LogP contribution in [-0.4, -0.2) is 25.3 Å². The predicted octanol–water partition coefficient (Wildman–Crippen LogP) is 4.06. The van der Waals surface area contributed by atoms with Crippen molar-refractivity contribution >= 4 is 11.8 Å². The first-order chi connectivity index (χ1) is 9.31. The van der Waals surface area contributed by atoms with E-state index in [2.05, 4.69) is 19.2 Å². The number of nitrogens with one attached hydrogen (secondary N) is 1. The van der Waals surface area contributed by atoms with E-state index in [0.717, 1.165) is 5.56 Å². The highest BCUT2D eigenvalue weighted by molar-refractivity contribution is 8.00. The average Bonchev–Trinajstić information content (AvgIpc) is 2.34. The van der Waals surface area contributed by atoms with Crippen LogP contribution in [0.15, 0.2) is 29.2 Å². The molecule has 0 saturated carbocycles. The van der Waals surface area contributed by atoms with Crippen LogP contribution in [0, 0.1) is 5.92 Å². The Morgan fingerprint density at radius 1 is 1.20 bits per heavy atom. The smallest absolute Gasteiger partial charge is 0.383 e. The molecule has 0 bridgehead atoms. The Hall–Kier alpha value is -0.720. The minimum atomic E-state index is -4.24. The Morgan fingerprint density at radius 2 is 1.80 bits per heavy atom. The molecule has 0 aliphatic rings. The highest BCUT2D eigenvalue weighted by atomic mass is 32.2. The third-order valence-electron chi connectivity index (χ3n) is 2.88. The molecule has 0 radical (unpaired) electrons. The van der Waals surface area contributed by atoms with E-state index in [9.17, 15) is 13.2 Å². The van der Waals surface area contributed by atoms with E-state index in [4.69, 9.17) is 4.74 Å². The molecule has 1 rings (SSSR count). The fourth-order valence-corrected chi connectivity index (χ4v) is 2.26. The summed E-state index contributed by atoms with van der Waals surface area (Å²) in [6.07, 6.45) is 0. The SMILES string of the molecule is COCC(NCc1ccc(SC(F)(F)F)cc1)C(C)C. The number of halogens is 3. The van der Waals surface area contributed by atoms with Crippen LogP contribution in [0.5, 0.6) is 0 Å². The molecular formula is C14H20F3NOS. The second-order valence-electron chi connectivity index (χ2n) is 4.88. The second kappa shape index (κ2) is 7.90. The van der Waals surface area contributed by atoms with E-state index in [-0.39, 0.29) is 22.7 Å². The topological polar surface area (TPSA) is 21.3 Å². The Labute approximate surface area is 122 Å². The summed E-state index contributed by atoms with van der Waals surface area (Å²) >= 11 is -0.0935. The molecule has 1 aromatic carbocycles. The summed E-state index contributed by atoms with van der Waals surface area (Å²) in [6, 6.07) is 6.65. The summed E-state index contributed by atoms with van der Waals surface area (Å²) in [5, 5.41) is 3.35. The van der Waals surface area contributed by atoms with Gasteiger partial charge in [0.1, 0.15) is 0 Å². The van der Waals surface area contributed by atoms with Crippen LogP contribution in [-0.2, 0) is 11.3 Å². The lowest BCUT2D eigenvalue weighted by Crippen LogP contribution is -2.37. The van der Waals surface area contributed by atoms with E-state index in [1.807, 2.05) is 0 Å². The van der Waals surface area contributed by atoms with E-state index >= 15 is 0 Å². The number of benzene rings is 1. The maximum atomic E-state index is 12.2. The van der Waals surface area contributed by atoms with Crippen molar-refractivity contribution in [3.63, 3.8) is 0 Å². The molecule has 0 fully saturated rings. The molecule has 1 aromatic rings. The number of thioether (sulfide) groups is 1. The Balaban J connectivity index is 2.52. The van der Waals surface area contributed by atoms with Gasteiger partial charge in [-0.25, -0.2) is 0 Å². The number of hydrogen-bond acceptors (Lipinski definition) is 3. The number of rotatable bonds is 7. The summed E-state index contributed by atoms with van der Waals surface area (Å²) in [7, 11) is 1.65. The van der Waals surface area contributed by atoms with Gasteiger partial charge in [-0.15, -0.1) is 0 Å². The van der Waals surface area contributed by atoms with Crippen molar-refractivity contribution in [1.29, 1.82) is 0 Å². The first-order valence-corrected chi connectivity index (χ1v) is 7.20. The fraction of sp³-hybridized carbons (Fsp3) is 0.571. The van der Waals surface area contributed by atoms with Crippen molar-refractivity contribution in [2.24, 2.45) is 5.92 Å². The second-order valence-corrected chi connectivity index (χ2v) is 6.02. The Bertz CT molecular complexity index is 392. The minimum Gasteiger partial charge on any atom is -0.383 e. The van der Waals surface area contributed by atoms with Crippen molar-refractivity contribution in [2.75, 3.05) is 13.7 Å². The van der Waals surface area contributed by atoms with Crippen LogP contribution in [0.2, 0.25) is 0 Å². The van der Waals surface area contributed by atoms with E-state index in [1.54, 1.807) is 19.2 Å². The zero-order chi connectivity index (χ0) is 15.2. The van der Waals surface area contributed by atoms with Gasteiger partial charge < -0.3 is 10.1 Å². The molecule has 6 heteroatoms. The molecule has 2 nitrogen and oxygen atoms in total. The van der Waals surface area contributed by atoms with Gasteiger partial charge in [0.25, 0.3) is 0 Å².